The lowest BCUT2D eigenvalue weighted by Gasteiger charge is -2.10. The Morgan fingerprint density at radius 2 is 1.50 bits per heavy atom. The van der Waals surface area contributed by atoms with Crippen LogP contribution in [0.25, 0.3) is 0 Å². The monoisotopic (exact) mass is 385 g/mol. The molecule has 0 aromatic heterocycles. The number of amides is 1. The van der Waals surface area contributed by atoms with Gasteiger partial charge in [0.15, 0.2) is 0 Å². The van der Waals surface area contributed by atoms with Gasteiger partial charge in [-0.1, -0.05) is 18.2 Å². The number of carboxylic acids is 1. The molecule has 0 unspecified atom stereocenters. The molecule has 0 aliphatic carbocycles. The van der Waals surface area contributed by atoms with Gasteiger partial charge in [0.05, 0.1) is 6.42 Å². The van der Waals surface area contributed by atoms with Crippen molar-refractivity contribution in [3.8, 4) is 11.5 Å². The lowest BCUT2D eigenvalue weighted by molar-refractivity contribution is -0.138. The van der Waals surface area contributed by atoms with Gasteiger partial charge in [-0.3, -0.25) is 9.59 Å². The van der Waals surface area contributed by atoms with Crippen molar-refractivity contribution in [1.29, 1.82) is 0 Å². The summed E-state index contributed by atoms with van der Waals surface area (Å²) in [5, 5.41) is 11.3. The molecule has 150 valence electrons. The van der Waals surface area contributed by atoms with Gasteiger partial charge < -0.3 is 19.9 Å². The Kier molecular flexibility index (Phi) is 8.34. The number of carboxylic acid groups (broad SMARTS) is 1. The standard InChI is InChI=1S/C22H27NO5/c1-16-13-17(2)15-20(14-16)28-12-11-27-19-5-3-18(4-6-19)9-10-23-21(24)7-8-22(25)26/h3-6,13-15H,7-12H2,1-2H3,(H,23,24)(H,25,26). The van der Waals surface area contributed by atoms with Crippen molar-refractivity contribution in [3.05, 3.63) is 59.2 Å². The molecule has 0 saturated carbocycles. The molecule has 0 bridgehead atoms. The highest BCUT2D eigenvalue weighted by Gasteiger charge is 2.05. The molecule has 0 fully saturated rings. The maximum atomic E-state index is 11.5. The van der Waals surface area contributed by atoms with E-state index in [1.54, 1.807) is 0 Å². The Labute approximate surface area is 165 Å². The second kappa shape index (κ2) is 11.0. The van der Waals surface area contributed by atoms with Crippen LogP contribution < -0.4 is 14.8 Å². The molecule has 0 aliphatic rings. The Morgan fingerprint density at radius 1 is 0.893 bits per heavy atom. The van der Waals surface area contributed by atoms with Gasteiger partial charge >= 0.3 is 5.97 Å². The first-order chi connectivity index (χ1) is 13.4. The smallest absolute Gasteiger partial charge is 0.303 e. The van der Waals surface area contributed by atoms with Gasteiger partial charge in [0.1, 0.15) is 24.7 Å². The molecule has 2 aromatic rings. The quantitative estimate of drug-likeness (QED) is 0.580. The van der Waals surface area contributed by atoms with Crippen molar-refractivity contribution < 1.29 is 24.2 Å². The highest BCUT2D eigenvalue weighted by Crippen LogP contribution is 2.16. The topological polar surface area (TPSA) is 84.9 Å². The number of hydrogen-bond acceptors (Lipinski definition) is 4. The molecular weight excluding hydrogens is 358 g/mol. The summed E-state index contributed by atoms with van der Waals surface area (Å²) in [6, 6.07) is 13.8. The molecule has 0 atom stereocenters. The molecule has 28 heavy (non-hydrogen) atoms. The van der Waals surface area contributed by atoms with Crippen molar-refractivity contribution in [2.24, 2.45) is 0 Å². The number of carbonyl (C=O) groups excluding carboxylic acids is 1. The highest BCUT2D eigenvalue weighted by molar-refractivity contribution is 5.80. The van der Waals surface area contributed by atoms with Crippen LogP contribution in [0.1, 0.15) is 29.5 Å². The van der Waals surface area contributed by atoms with Crippen LogP contribution in [0.2, 0.25) is 0 Å². The van der Waals surface area contributed by atoms with E-state index in [4.69, 9.17) is 14.6 Å². The molecule has 2 aromatic carbocycles. The first kappa shape index (κ1) is 21.3. The Morgan fingerprint density at radius 3 is 2.11 bits per heavy atom. The van der Waals surface area contributed by atoms with Crippen LogP contribution in [0.3, 0.4) is 0 Å². The van der Waals surface area contributed by atoms with Gasteiger partial charge in [-0.25, -0.2) is 0 Å². The molecule has 2 rings (SSSR count). The molecule has 6 heteroatoms. The molecule has 2 N–H and O–H groups in total. The number of hydrogen-bond donors (Lipinski definition) is 2. The summed E-state index contributed by atoms with van der Waals surface area (Å²) < 4.78 is 11.4. The summed E-state index contributed by atoms with van der Waals surface area (Å²) in [5.74, 6) is 0.399. The fraction of sp³-hybridized carbons (Fsp3) is 0.364. The van der Waals surface area contributed by atoms with Gasteiger partial charge in [-0.2, -0.15) is 0 Å². The first-order valence-corrected chi connectivity index (χ1v) is 9.34. The minimum absolute atomic E-state index is 0.00625. The Balaban J connectivity index is 1.65. The van der Waals surface area contributed by atoms with Gasteiger partial charge in [-0.05, 0) is 61.2 Å². The summed E-state index contributed by atoms with van der Waals surface area (Å²) in [4.78, 5) is 21.9. The maximum absolute atomic E-state index is 11.5. The van der Waals surface area contributed by atoms with E-state index < -0.39 is 5.97 Å². The fourth-order valence-electron chi connectivity index (χ4n) is 2.74. The fourth-order valence-corrected chi connectivity index (χ4v) is 2.74. The SMILES string of the molecule is Cc1cc(C)cc(OCCOc2ccc(CCNC(=O)CCC(=O)O)cc2)c1. The van der Waals surface area contributed by atoms with Crippen molar-refractivity contribution in [3.63, 3.8) is 0 Å². The normalized spacial score (nSPS) is 10.4. The summed E-state index contributed by atoms with van der Waals surface area (Å²) in [6.07, 6.45) is 0.534. The van der Waals surface area contributed by atoms with Crippen molar-refractivity contribution in [2.75, 3.05) is 19.8 Å². The highest BCUT2D eigenvalue weighted by atomic mass is 16.5. The molecule has 0 saturated heterocycles. The van der Waals surface area contributed by atoms with Gasteiger partial charge in [0.25, 0.3) is 0 Å². The Hall–Kier alpha value is -3.02. The van der Waals surface area contributed by atoms with Crippen LogP contribution in [0.4, 0.5) is 0 Å². The summed E-state index contributed by atoms with van der Waals surface area (Å²) in [6.45, 7) is 5.47. The average Bonchev–Trinajstić information content (AvgIpc) is 2.64. The van der Waals surface area contributed by atoms with E-state index in [9.17, 15) is 9.59 Å². The number of aryl methyl sites for hydroxylation is 2. The third-order valence-electron chi connectivity index (χ3n) is 4.04. The second-order valence-corrected chi connectivity index (χ2v) is 6.66. The second-order valence-electron chi connectivity index (χ2n) is 6.66. The predicted molar refractivity (Wildman–Crippen MR) is 107 cm³/mol. The lowest BCUT2D eigenvalue weighted by atomic mass is 10.1. The lowest BCUT2D eigenvalue weighted by Crippen LogP contribution is -2.25. The number of benzene rings is 2. The van der Waals surface area contributed by atoms with Gasteiger partial charge in [-0.15, -0.1) is 0 Å². The minimum Gasteiger partial charge on any atom is -0.490 e. The molecule has 0 aliphatic heterocycles. The predicted octanol–water partition coefficient (Wildman–Crippen LogP) is 3.28. The van der Waals surface area contributed by atoms with Crippen LogP contribution in [0.5, 0.6) is 11.5 Å². The van der Waals surface area contributed by atoms with E-state index in [1.165, 1.54) is 11.1 Å². The van der Waals surface area contributed by atoms with Crippen LogP contribution >= 0.6 is 0 Å². The zero-order chi connectivity index (χ0) is 20.4. The average molecular weight is 385 g/mol. The Bertz CT molecular complexity index is 766. The zero-order valence-electron chi connectivity index (χ0n) is 16.4. The maximum Gasteiger partial charge on any atom is 0.303 e. The van der Waals surface area contributed by atoms with Crippen LogP contribution in [0, 0.1) is 13.8 Å². The van der Waals surface area contributed by atoms with E-state index >= 15 is 0 Å². The van der Waals surface area contributed by atoms with Gasteiger partial charge in [0.2, 0.25) is 5.91 Å². The number of carbonyl (C=O) groups is 2. The van der Waals surface area contributed by atoms with E-state index in [0.29, 0.717) is 26.2 Å². The van der Waals surface area contributed by atoms with Crippen molar-refractivity contribution in [1.82, 2.24) is 5.32 Å². The molecule has 1 amide bonds. The number of rotatable bonds is 11. The van der Waals surface area contributed by atoms with Crippen LogP contribution in [0.15, 0.2) is 42.5 Å². The molecule has 0 heterocycles. The van der Waals surface area contributed by atoms with Crippen molar-refractivity contribution >= 4 is 11.9 Å². The van der Waals surface area contributed by atoms with Crippen molar-refractivity contribution in [2.45, 2.75) is 33.1 Å². The molecule has 0 spiro atoms. The molecule has 0 radical (unpaired) electrons. The number of nitrogens with one attached hydrogen (secondary N) is 1. The van der Waals surface area contributed by atoms with Crippen LogP contribution in [-0.2, 0) is 16.0 Å². The molecule has 6 nitrogen and oxygen atoms in total. The molecular formula is C22H27NO5. The zero-order valence-corrected chi connectivity index (χ0v) is 16.4. The van der Waals surface area contributed by atoms with E-state index in [0.717, 1.165) is 17.1 Å². The minimum atomic E-state index is -0.967. The van der Waals surface area contributed by atoms with E-state index in [2.05, 4.69) is 11.4 Å². The van der Waals surface area contributed by atoms with Gasteiger partial charge in [0, 0.05) is 13.0 Å². The summed E-state index contributed by atoms with van der Waals surface area (Å²) in [5.41, 5.74) is 3.41. The first-order valence-electron chi connectivity index (χ1n) is 9.34. The third kappa shape index (κ3) is 8.12. The largest absolute Gasteiger partial charge is 0.490 e. The van der Waals surface area contributed by atoms with E-state index in [1.807, 2.05) is 50.2 Å². The van der Waals surface area contributed by atoms with E-state index in [-0.39, 0.29) is 18.7 Å². The number of ether oxygens (including phenoxy) is 2. The summed E-state index contributed by atoms with van der Waals surface area (Å²) >= 11 is 0. The third-order valence-corrected chi connectivity index (χ3v) is 4.04. The summed E-state index contributed by atoms with van der Waals surface area (Å²) in [7, 11) is 0. The van der Waals surface area contributed by atoms with Crippen LogP contribution in [-0.4, -0.2) is 36.7 Å². The number of aliphatic carboxylic acids is 1.